The van der Waals surface area contributed by atoms with E-state index in [1.54, 1.807) is 0 Å². The molecule has 0 aliphatic carbocycles. The van der Waals surface area contributed by atoms with Gasteiger partial charge < -0.3 is 15.5 Å². The van der Waals surface area contributed by atoms with Gasteiger partial charge in [0.25, 0.3) is 20.2 Å². The van der Waals surface area contributed by atoms with E-state index in [9.17, 15) is 16.8 Å². The van der Waals surface area contributed by atoms with E-state index in [0.29, 0.717) is 26.1 Å². The zero-order valence-corrected chi connectivity index (χ0v) is 18.9. The van der Waals surface area contributed by atoms with Crippen molar-refractivity contribution >= 4 is 20.2 Å². The van der Waals surface area contributed by atoms with Gasteiger partial charge >= 0.3 is 0 Å². The van der Waals surface area contributed by atoms with Crippen LogP contribution in [0.2, 0.25) is 0 Å². The molecular formula is C16H36N4O8S2. The van der Waals surface area contributed by atoms with Crippen LogP contribution in [0.1, 0.15) is 6.42 Å². The van der Waals surface area contributed by atoms with Gasteiger partial charge in [0, 0.05) is 78.1 Å². The number of nitrogens with zero attached hydrogens (tertiary/aromatic N) is 3. The highest BCUT2D eigenvalue weighted by atomic mass is 32.2. The second-order valence-electron chi connectivity index (χ2n) is 7.39. The Morgan fingerprint density at radius 2 is 1.30 bits per heavy atom. The molecule has 14 heteroatoms. The van der Waals surface area contributed by atoms with Crippen LogP contribution >= 0.6 is 0 Å². The van der Waals surface area contributed by atoms with Crippen molar-refractivity contribution in [3.8, 4) is 0 Å². The van der Waals surface area contributed by atoms with Gasteiger partial charge in [0.2, 0.25) is 0 Å². The smallest absolute Gasteiger partial charge is 0.266 e. The van der Waals surface area contributed by atoms with Crippen molar-refractivity contribution in [1.82, 2.24) is 20.0 Å². The van der Waals surface area contributed by atoms with Crippen LogP contribution in [0.15, 0.2) is 0 Å². The average molecular weight is 477 g/mol. The van der Waals surface area contributed by atoms with Gasteiger partial charge in [0.15, 0.2) is 0 Å². The molecule has 12 nitrogen and oxygen atoms in total. The Bertz CT molecular complexity index is 667. The summed E-state index contributed by atoms with van der Waals surface area (Å²) in [5, 5.41) is 20.8. The number of hydrogen-bond acceptors (Lipinski definition) is 10. The van der Waals surface area contributed by atoms with Crippen LogP contribution in [0, 0.1) is 0 Å². The zero-order chi connectivity index (χ0) is 22.6. The van der Waals surface area contributed by atoms with Gasteiger partial charge in [-0.15, -0.1) is 0 Å². The molecule has 30 heavy (non-hydrogen) atoms. The summed E-state index contributed by atoms with van der Waals surface area (Å²) in [5.74, 6) is -0.443. The largest absolute Gasteiger partial charge is 0.396 e. The summed E-state index contributed by atoms with van der Waals surface area (Å²) in [6.45, 7) is 7.20. The summed E-state index contributed by atoms with van der Waals surface area (Å²) in [6.07, 6.45) is 0.623. The normalized spacial score (nSPS) is 22.5. The molecule has 1 atom stereocenters. The van der Waals surface area contributed by atoms with Crippen molar-refractivity contribution in [3.63, 3.8) is 0 Å². The molecule has 0 radical (unpaired) electrons. The lowest BCUT2D eigenvalue weighted by molar-refractivity contribution is 0.116. The lowest BCUT2D eigenvalue weighted by atomic mass is 10.1. The van der Waals surface area contributed by atoms with Crippen LogP contribution in [-0.4, -0.2) is 147 Å². The fourth-order valence-corrected chi connectivity index (χ4v) is 4.34. The Labute approximate surface area is 179 Å². The van der Waals surface area contributed by atoms with Crippen LogP contribution in [0.5, 0.6) is 0 Å². The van der Waals surface area contributed by atoms with Crippen molar-refractivity contribution in [1.29, 1.82) is 0 Å². The molecule has 0 spiro atoms. The third kappa shape index (κ3) is 13.1. The maximum Gasteiger partial charge on any atom is 0.266 e. The van der Waals surface area contributed by atoms with Crippen molar-refractivity contribution in [2.24, 2.45) is 0 Å². The first kappa shape index (κ1) is 27.6. The second-order valence-corrected chi connectivity index (χ2v) is 10.5. The van der Waals surface area contributed by atoms with Crippen molar-refractivity contribution in [2.45, 2.75) is 12.5 Å². The minimum absolute atomic E-state index is 0.0920. The molecule has 2 rings (SSSR count). The van der Waals surface area contributed by atoms with Gasteiger partial charge in [0.05, 0.1) is 18.1 Å². The van der Waals surface area contributed by atoms with Gasteiger partial charge in [-0.3, -0.25) is 23.8 Å². The molecule has 0 amide bonds. The molecule has 0 aromatic carbocycles. The van der Waals surface area contributed by atoms with Crippen molar-refractivity contribution in [2.75, 3.05) is 90.2 Å². The molecule has 2 aliphatic heterocycles. The van der Waals surface area contributed by atoms with E-state index >= 15 is 0 Å². The van der Waals surface area contributed by atoms with Crippen LogP contribution < -0.4 is 5.32 Å². The maximum absolute atomic E-state index is 10.6. The average Bonchev–Trinajstić information content (AvgIpc) is 2.67. The quantitative estimate of drug-likeness (QED) is 0.203. The van der Waals surface area contributed by atoms with E-state index < -0.39 is 20.2 Å². The molecule has 2 aliphatic rings. The molecular weight excluding hydrogens is 440 g/mol. The van der Waals surface area contributed by atoms with Crippen LogP contribution in [0.3, 0.4) is 0 Å². The molecule has 180 valence electrons. The predicted octanol–water partition coefficient (Wildman–Crippen LogP) is -2.99. The zero-order valence-electron chi connectivity index (χ0n) is 17.3. The first-order valence-corrected chi connectivity index (χ1v) is 13.3. The summed E-state index contributed by atoms with van der Waals surface area (Å²) in [4.78, 5) is 6.12. The van der Waals surface area contributed by atoms with Gasteiger partial charge in [-0.25, -0.2) is 0 Å². The highest BCUT2D eigenvalue weighted by Crippen LogP contribution is 2.07. The van der Waals surface area contributed by atoms with Gasteiger partial charge in [-0.05, 0) is 6.42 Å². The molecule has 2 saturated heterocycles. The summed E-state index contributed by atoms with van der Waals surface area (Å²) < 4.78 is 59.5. The number of aliphatic hydroxyl groups excluding tert-OH is 2. The number of aliphatic hydroxyl groups is 2. The molecule has 1 unspecified atom stereocenters. The van der Waals surface area contributed by atoms with E-state index in [4.69, 9.17) is 19.3 Å². The fourth-order valence-electron chi connectivity index (χ4n) is 3.39. The highest BCUT2D eigenvalue weighted by Gasteiger charge is 2.22. The number of β-amino-alcohol motifs (C(OH)–C–C–N with tert-alkyl or cyclic N) is 1. The molecule has 2 heterocycles. The summed E-state index contributed by atoms with van der Waals surface area (Å²) in [5.41, 5.74) is 0. The molecule has 0 aromatic heterocycles. The lowest BCUT2D eigenvalue weighted by Crippen LogP contribution is -2.52. The maximum atomic E-state index is 10.6. The van der Waals surface area contributed by atoms with Gasteiger partial charge in [0.1, 0.15) is 0 Å². The van der Waals surface area contributed by atoms with Gasteiger partial charge in [-0.1, -0.05) is 0 Å². The minimum Gasteiger partial charge on any atom is -0.396 e. The van der Waals surface area contributed by atoms with E-state index in [1.807, 2.05) is 9.80 Å². The van der Waals surface area contributed by atoms with E-state index in [-0.39, 0.29) is 30.8 Å². The first-order valence-electron chi connectivity index (χ1n) is 10.1. The monoisotopic (exact) mass is 476 g/mol. The van der Waals surface area contributed by atoms with E-state index in [0.717, 1.165) is 45.8 Å². The van der Waals surface area contributed by atoms with E-state index in [1.165, 1.54) is 0 Å². The highest BCUT2D eigenvalue weighted by molar-refractivity contribution is 7.86. The second kappa shape index (κ2) is 13.9. The number of hydrogen-bond donors (Lipinski definition) is 5. The topological polar surface area (TPSA) is 171 Å². The number of nitrogens with one attached hydrogen (secondary N) is 1. The Morgan fingerprint density at radius 3 is 1.80 bits per heavy atom. The number of piperazine rings is 2. The molecule has 0 saturated carbocycles. The third-order valence-electron chi connectivity index (χ3n) is 5.12. The summed E-state index contributed by atoms with van der Waals surface area (Å²) in [7, 11) is -7.73. The van der Waals surface area contributed by atoms with Crippen LogP contribution in [0.4, 0.5) is 0 Å². The Hall–Kier alpha value is -0.420. The molecule has 5 N–H and O–H groups in total. The minimum atomic E-state index is -3.89. The number of rotatable bonds is 10. The summed E-state index contributed by atoms with van der Waals surface area (Å²) in [6, 6.07) is 0.158. The molecule has 2 fully saturated rings. The first-order chi connectivity index (χ1) is 14.0. The Kier molecular flexibility index (Phi) is 12.8. The third-order valence-corrected chi connectivity index (χ3v) is 6.51. The standard InChI is InChI=1S/2C8H18N2O4S/c11-5-1-8-7-9-2-3-10(8)4-6-15(12,13)14;11-7-5-9-1-3-10(4-2-9)6-8-15(12,13)14/h8-9,11H,1-7H2,(H,12,13,14);11H,1-8H2,(H,12,13,14). The van der Waals surface area contributed by atoms with E-state index in [2.05, 4.69) is 10.2 Å². The lowest BCUT2D eigenvalue weighted by Gasteiger charge is -2.35. The Morgan fingerprint density at radius 1 is 0.767 bits per heavy atom. The van der Waals surface area contributed by atoms with Crippen molar-refractivity contribution in [3.05, 3.63) is 0 Å². The predicted molar refractivity (Wildman–Crippen MR) is 113 cm³/mol. The van der Waals surface area contributed by atoms with Crippen LogP contribution in [0.25, 0.3) is 0 Å². The SMILES string of the molecule is O=S(=O)(O)CCN1CCN(CCO)CC1.O=S(=O)(O)CCN1CCNCC1CCO. The summed E-state index contributed by atoms with van der Waals surface area (Å²) >= 11 is 0. The fraction of sp³-hybridized carbons (Fsp3) is 1.00. The van der Waals surface area contributed by atoms with Gasteiger partial charge in [-0.2, -0.15) is 16.8 Å². The van der Waals surface area contributed by atoms with Crippen molar-refractivity contribution < 1.29 is 36.2 Å². The molecule has 0 bridgehead atoms. The van der Waals surface area contributed by atoms with Crippen LogP contribution in [-0.2, 0) is 20.2 Å². The molecule has 0 aromatic rings. The Balaban J connectivity index is 0.000000300.